The summed E-state index contributed by atoms with van der Waals surface area (Å²) in [6.07, 6.45) is 5.62. The topological polar surface area (TPSA) is 68.5 Å². The van der Waals surface area contributed by atoms with E-state index in [2.05, 4.69) is 17.5 Å². The van der Waals surface area contributed by atoms with Crippen molar-refractivity contribution in [2.24, 2.45) is 5.10 Å². The number of aryl methyl sites for hydroxylation is 1. The number of benzene rings is 3. The van der Waals surface area contributed by atoms with Gasteiger partial charge in [-0.2, -0.15) is 10.2 Å². The first-order valence-electron chi connectivity index (χ1n) is 11.0. The molecule has 0 atom stereocenters. The van der Waals surface area contributed by atoms with Gasteiger partial charge in [-0.05, 0) is 36.2 Å². The molecule has 4 aromatic rings. The lowest BCUT2D eigenvalue weighted by molar-refractivity contribution is -0.123. The van der Waals surface area contributed by atoms with Gasteiger partial charge in [0.15, 0.2) is 6.61 Å². The van der Waals surface area contributed by atoms with E-state index >= 15 is 0 Å². The quantitative estimate of drug-likeness (QED) is 0.295. The van der Waals surface area contributed by atoms with Gasteiger partial charge in [0.2, 0.25) is 0 Å². The maximum absolute atomic E-state index is 12.2. The molecule has 0 radical (unpaired) electrons. The number of nitrogens with zero attached hydrogens (tertiary/aromatic N) is 3. The highest BCUT2D eigenvalue weighted by molar-refractivity contribution is 5.89. The third kappa shape index (κ3) is 5.95. The van der Waals surface area contributed by atoms with Crippen LogP contribution >= 0.6 is 0 Å². The van der Waals surface area contributed by atoms with E-state index in [1.807, 2.05) is 91.1 Å². The van der Waals surface area contributed by atoms with Gasteiger partial charge in [0.25, 0.3) is 5.91 Å². The highest BCUT2D eigenvalue weighted by Crippen LogP contribution is 2.22. The maximum atomic E-state index is 12.2. The normalized spacial score (nSPS) is 10.9. The van der Waals surface area contributed by atoms with E-state index in [1.165, 1.54) is 5.56 Å². The zero-order chi connectivity index (χ0) is 22.9. The zero-order valence-electron chi connectivity index (χ0n) is 18.5. The van der Waals surface area contributed by atoms with Crippen LogP contribution in [0.4, 0.5) is 0 Å². The van der Waals surface area contributed by atoms with Gasteiger partial charge < -0.3 is 4.74 Å². The van der Waals surface area contributed by atoms with Crippen LogP contribution in [0.25, 0.3) is 16.9 Å². The predicted octanol–water partition coefficient (Wildman–Crippen LogP) is 5.02. The van der Waals surface area contributed by atoms with Crippen LogP contribution < -0.4 is 10.2 Å². The number of nitrogens with one attached hydrogen (secondary N) is 1. The molecule has 3 aromatic carbocycles. The number of amides is 1. The number of hydrogen-bond donors (Lipinski definition) is 1. The zero-order valence-corrected chi connectivity index (χ0v) is 18.5. The van der Waals surface area contributed by atoms with E-state index in [9.17, 15) is 4.79 Å². The molecule has 0 bridgehead atoms. The van der Waals surface area contributed by atoms with Crippen LogP contribution in [0, 0.1) is 0 Å². The molecule has 1 aromatic heterocycles. The second-order valence-corrected chi connectivity index (χ2v) is 7.55. The van der Waals surface area contributed by atoms with Gasteiger partial charge in [-0.3, -0.25) is 4.79 Å². The van der Waals surface area contributed by atoms with E-state index in [0.717, 1.165) is 35.3 Å². The number of rotatable bonds is 9. The van der Waals surface area contributed by atoms with Gasteiger partial charge >= 0.3 is 0 Å². The first-order valence-corrected chi connectivity index (χ1v) is 11.0. The van der Waals surface area contributed by atoms with Gasteiger partial charge in [-0.25, -0.2) is 10.1 Å². The third-order valence-electron chi connectivity index (χ3n) is 5.04. The Balaban J connectivity index is 1.42. The smallest absolute Gasteiger partial charge is 0.277 e. The Labute approximate surface area is 193 Å². The van der Waals surface area contributed by atoms with Crippen molar-refractivity contribution in [1.82, 2.24) is 15.2 Å². The number of para-hydroxylation sites is 1. The predicted molar refractivity (Wildman–Crippen MR) is 131 cm³/mol. The highest BCUT2D eigenvalue weighted by Gasteiger charge is 2.11. The summed E-state index contributed by atoms with van der Waals surface area (Å²) in [5, 5.41) is 8.86. The molecule has 1 N–H and O–H groups in total. The van der Waals surface area contributed by atoms with Crippen molar-refractivity contribution in [1.29, 1.82) is 0 Å². The number of ether oxygens (including phenoxy) is 1. The molecule has 6 nitrogen and oxygen atoms in total. The van der Waals surface area contributed by atoms with Crippen LogP contribution in [0.2, 0.25) is 0 Å². The molecular formula is C27H26N4O2. The summed E-state index contributed by atoms with van der Waals surface area (Å²) in [5.41, 5.74) is 7.26. The fourth-order valence-electron chi connectivity index (χ4n) is 3.41. The van der Waals surface area contributed by atoms with Gasteiger partial charge in [0.05, 0.1) is 11.9 Å². The van der Waals surface area contributed by atoms with Crippen molar-refractivity contribution in [2.75, 3.05) is 6.61 Å². The summed E-state index contributed by atoms with van der Waals surface area (Å²) in [6, 6.07) is 27.5. The van der Waals surface area contributed by atoms with Gasteiger partial charge in [0, 0.05) is 17.3 Å². The summed E-state index contributed by atoms with van der Waals surface area (Å²) in [7, 11) is 0. The maximum Gasteiger partial charge on any atom is 0.277 e. The molecule has 0 fully saturated rings. The first kappa shape index (κ1) is 22.0. The largest absolute Gasteiger partial charge is 0.484 e. The van der Waals surface area contributed by atoms with E-state index < -0.39 is 0 Å². The molecule has 0 spiro atoms. The molecule has 4 rings (SSSR count). The van der Waals surface area contributed by atoms with E-state index in [1.54, 1.807) is 10.9 Å². The lowest BCUT2D eigenvalue weighted by atomic mass is 10.1. The van der Waals surface area contributed by atoms with Crippen LogP contribution in [0.3, 0.4) is 0 Å². The van der Waals surface area contributed by atoms with Crippen molar-refractivity contribution in [2.45, 2.75) is 19.8 Å². The average Bonchev–Trinajstić information content (AvgIpc) is 3.29. The van der Waals surface area contributed by atoms with Crippen LogP contribution in [-0.4, -0.2) is 28.5 Å². The summed E-state index contributed by atoms with van der Waals surface area (Å²) in [6.45, 7) is 2.03. The molecule has 0 saturated carbocycles. The molecule has 6 heteroatoms. The minimum absolute atomic E-state index is 0.112. The van der Waals surface area contributed by atoms with Crippen molar-refractivity contribution in [3.63, 3.8) is 0 Å². The average molecular weight is 439 g/mol. The van der Waals surface area contributed by atoms with Gasteiger partial charge in [-0.15, -0.1) is 0 Å². The van der Waals surface area contributed by atoms with Crippen LogP contribution in [0.5, 0.6) is 5.75 Å². The van der Waals surface area contributed by atoms with E-state index in [0.29, 0.717) is 5.75 Å². The Morgan fingerprint density at radius 3 is 2.39 bits per heavy atom. The molecule has 33 heavy (non-hydrogen) atoms. The first-order chi connectivity index (χ1) is 16.2. The molecule has 0 aliphatic carbocycles. The van der Waals surface area contributed by atoms with Crippen molar-refractivity contribution in [3.8, 4) is 22.7 Å². The Morgan fingerprint density at radius 1 is 1.00 bits per heavy atom. The fraction of sp³-hybridized carbons (Fsp3) is 0.148. The molecule has 0 aliphatic heterocycles. The molecule has 1 amide bonds. The third-order valence-corrected chi connectivity index (χ3v) is 5.04. The minimum atomic E-state index is -0.333. The summed E-state index contributed by atoms with van der Waals surface area (Å²) < 4.78 is 7.36. The monoisotopic (exact) mass is 438 g/mol. The molecular weight excluding hydrogens is 412 g/mol. The highest BCUT2D eigenvalue weighted by atomic mass is 16.5. The SMILES string of the molecule is CCCc1ccc(OCC(=O)N/N=C/c2cn(-c3ccccc3)nc2-c2ccccc2)cc1. The number of aromatic nitrogens is 2. The number of hydrogen-bond acceptors (Lipinski definition) is 4. The Morgan fingerprint density at radius 2 is 1.70 bits per heavy atom. The van der Waals surface area contributed by atoms with Gasteiger partial charge in [-0.1, -0.05) is 74.0 Å². The van der Waals surface area contributed by atoms with E-state index in [4.69, 9.17) is 9.84 Å². The summed E-state index contributed by atoms with van der Waals surface area (Å²) >= 11 is 0. The number of carbonyl (C=O) groups is 1. The molecule has 0 saturated heterocycles. The van der Waals surface area contributed by atoms with Crippen molar-refractivity contribution >= 4 is 12.1 Å². The lowest BCUT2D eigenvalue weighted by Crippen LogP contribution is -2.24. The van der Waals surface area contributed by atoms with Crippen LogP contribution in [-0.2, 0) is 11.2 Å². The lowest BCUT2D eigenvalue weighted by Gasteiger charge is -2.06. The second-order valence-electron chi connectivity index (χ2n) is 7.55. The van der Waals surface area contributed by atoms with Crippen molar-refractivity contribution in [3.05, 3.63) is 102 Å². The second kappa shape index (κ2) is 10.9. The van der Waals surface area contributed by atoms with E-state index in [-0.39, 0.29) is 12.5 Å². The van der Waals surface area contributed by atoms with Crippen LogP contribution in [0.1, 0.15) is 24.5 Å². The Hall–Kier alpha value is -4.19. The molecule has 0 unspecified atom stereocenters. The standard InChI is InChI=1S/C27H26N4O2/c1-2-9-21-14-16-25(17-15-21)33-20-26(32)29-28-18-23-19-31(24-12-7-4-8-13-24)30-27(23)22-10-5-3-6-11-22/h3-8,10-19H,2,9,20H2,1H3,(H,29,32)/b28-18+. The minimum Gasteiger partial charge on any atom is -0.484 e. The molecule has 166 valence electrons. The van der Waals surface area contributed by atoms with Crippen molar-refractivity contribution < 1.29 is 9.53 Å². The number of hydrazone groups is 1. The Bertz CT molecular complexity index is 1200. The Kier molecular flexibility index (Phi) is 7.28. The summed E-state index contributed by atoms with van der Waals surface area (Å²) in [4.78, 5) is 12.2. The number of carbonyl (C=O) groups excluding carboxylic acids is 1. The molecule has 1 heterocycles. The molecule has 0 aliphatic rings. The van der Waals surface area contributed by atoms with Gasteiger partial charge in [0.1, 0.15) is 11.4 Å². The van der Waals surface area contributed by atoms with Crippen LogP contribution in [0.15, 0.2) is 96.2 Å². The fourth-order valence-corrected chi connectivity index (χ4v) is 3.41. The summed E-state index contributed by atoms with van der Waals surface area (Å²) in [5.74, 6) is 0.324.